The molecule has 0 fully saturated rings. The molecule has 5 nitrogen and oxygen atoms in total. The van der Waals surface area contributed by atoms with Crippen LogP contribution in [0, 0.1) is 5.92 Å². The molecular weight excluding hydrogens is 246 g/mol. The van der Waals surface area contributed by atoms with E-state index < -0.39 is 12.0 Å². The minimum atomic E-state index is -0.718. The standard InChI is InChI=1S/C14H19NO4/c1-9(2)13(17)15-12(14(18)19-3)8-10-4-6-11(16)7-5-10/h4-7,9,12,16H,8H2,1-3H3,(H,15,17). The zero-order chi connectivity index (χ0) is 14.4. The zero-order valence-electron chi connectivity index (χ0n) is 11.3. The summed E-state index contributed by atoms with van der Waals surface area (Å²) in [5, 5.41) is 11.9. The molecule has 0 saturated carbocycles. The lowest BCUT2D eigenvalue weighted by Crippen LogP contribution is -2.44. The van der Waals surface area contributed by atoms with Crippen LogP contribution in [-0.2, 0) is 20.7 Å². The van der Waals surface area contributed by atoms with E-state index in [0.29, 0.717) is 6.42 Å². The van der Waals surface area contributed by atoms with Crippen molar-refractivity contribution in [3.05, 3.63) is 29.8 Å². The van der Waals surface area contributed by atoms with Gasteiger partial charge in [0, 0.05) is 12.3 Å². The van der Waals surface area contributed by atoms with Gasteiger partial charge in [-0.05, 0) is 17.7 Å². The molecule has 0 aliphatic carbocycles. The normalized spacial score (nSPS) is 12.0. The SMILES string of the molecule is COC(=O)C(Cc1ccc(O)cc1)NC(=O)C(C)C. The Morgan fingerprint density at radius 2 is 1.84 bits per heavy atom. The Labute approximate surface area is 112 Å². The van der Waals surface area contributed by atoms with Crippen LogP contribution in [0.15, 0.2) is 24.3 Å². The van der Waals surface area contributed by atoms with E-state index in [1.54, 1.807) is 26.0 Å². The molecule has 5 heteroatoms. The predicted molar refractivity (Wildman–Crippen MR) is 70.6 cm³/mol. The van der Waals surface area contributed by atoms with Gasteiger partial charge in [-0.25, -0.2) is 4.79 Å². The molecule has 1 atom stereocenters. The predicted octanol–water partition coefficient (Wildman–Crippen LogP) is 1.25. The number of nitrogens with one attached hydrogen (secondary N) is 1. The maximum Gasteiger partial charge on any atom is 0.328 e. The number of carbonyl (C=O) groups excluding carboxylic acids is 2. The second-order valence-electron chi connectivity index (χ2n) is 4.61. The Morgan fingerprint density at radius 3 is 2.32 bits per heavy atom. The van der Waals surface area contributed by atoms with Gasteiger partial charge >= 0.3 is 5.97 Å². The molecule has 0 saturated heterocycles. The van der Waals surface area contributed by atoms with Crippen molar-refractivity contribution in [2.45, 2.75) is 26.3 Å². The Morgan fingerprint density at radius 1 is 1.26 bits per heavy atom. The number of amides is 1. The average molecular weight is 265 g/mol. The Kier molecular flexibility index (Phi) is 5.36. The highest BCUT2D eigenvalue weighted by Crippen LogP contribution is 2.12. The summed E-state index contributed by atoms with van der Waals surface area (Å²) in [4.78, 5) is 23.3. The zero-order valence-corrected chi connectivity index (χ0v) is 11.3. The highest BCUT2D eigenvalue weighted by molar-refractivity contribution is 5.85. The second kappa shape index (κ2) is 6.78. The average Bonchev–Trinajstić information content (AvgIpc) is 2.39. The van der Waals surface area contributed by atoms with Gasteiger partial charge in [-0.2, -0.15) is 0 Å². The van der Waals surface area contributed by atoms with Crippen LogP contribution in [0.4, 0.5) is 0 Å². The van der Waals surface area contributed by atoms with Crippen molar-refractivity contribution in [3.8, 4) is 5.75 Å². The molecule has 0 spiro atoms. The number of hydrogen-bond donors (Lipinski definition) is 2. The van der Waals surface area contributed by atoms with Crippen LogP contribution in [0.5, 0.6) is 5.75 Å². The fourth-order valence-electron chi connectivity index (χ4n) is 1.54. The first-order chi connectivity index (χ1) is 8.93. The third-order valence-corrected chi connectivity index (χ3v) is 2.70. The second-order valence-corrected chi connectivity index (χ2v) is 4.61. The smallest absolute Gasteiger partial charge is 0.328 e. The number of ether oxygens (including phenoxy) is 1. The minimum absolute atomic E-state index is 0.157. The topological polar surface area (TPSA) is 75.6 Å². The van der Waals surface area contributed by atoms with Gasteiger partial charge in [0.1, 0.15) is 11.8 Å². The van der Waals surface area contributed by atoms with Crippen LogP contribution in [0.1, 0.15) is 19.4 Å². The molecule has 0 aromatic heterocycles. The van der Waals surface area contributed by atoms with E-state index in [1.165, 1.54) is 19.2 Å². The number of benzene rings is 1. The molecule has 1 aromatic carbocycles. The lowest BCUT2D eigenvalue weighted by Gasteiger charge is -2.18. The largest absolute Gasteiger partial charge is 0.508 e. The molecule has 104 valence electrons. The lowest BCUT2D eigenvalue weighted by molar-refractivity contribution is -0.145. The van der Waals surface area contributed by atoms with Crippen LogP contribution >= 0.6 is 0 Å². The molecule has 0 aliphatic heterocycles. The van der Waals surface area contributed by atoms with Gasteiger partial charge in [0.05, 0.1) is 7.11 Å². The summed E-state index contributed by atoms with van der Waals surface area (Å²) in [6, 6.07) is 5.76. The monoisotopic (exact) mass is 265 g/mol. The van der Waals surface area contributed by atoms with Gasteiger partial charge in [0.15, 0.2) is 0 Å². The summed E-state index contributed by atoms with van der Waals surface area (Å²) in [6.07, 6.45) is 0.325. The number of aromatic hydroxyl groups is 1. The van der Waals surface area contributed by atoms with Gasteiger partial charge in [0.25, 0.3) is 0 Å². The molecule has 0 heterocycles. The molecule has 0 bridgehead atoms. The van der Waals surface area contributed by atoms with E-state index in [4.69, 9.17) is 0 Å². The number of esters is 1. The Hall–Kier alpha value is -2.04. The molecular formula is C14H19NO4. The van der Waals surface area contributed by atoms with Crippen molar-refractivity contribution >= 4 is 11.9 Å². The van der Waals surface area contributed by atoms with Gasteiger partial charge < -0.3 is 15.2 Å². The Balaban J connectivity index is 2.77. The number of methoxy groups -OCH3 is 1. The molecule has 1 aromatic rings. The molecule has 1 rings (SSSR count). The third-order valence-electron chi connectivity index (χ3n) is 2.70. The molecule has 2 N–H and O–H groups in total. The summed E-state index contributed by atoms with van der Waals surface area (Å²) in [6.45, 7) is 3.51. The van der Waals surface area contributed by atoms with Crippen molar-refractivity contribution in [2.24, 2.45) is 5.92 Å². The number of phenolic OH excluding ortho intramolecular Hbond substituents is 1. The van der Waals surface area contributed by atoms with Crippen LogP contribution in [0.2, 0.25) is 0 Å². The maximum atomic E-state index is 11.7. The van der Waals surface area contributed by atoms with Crippen LogP contribution in [-0.4, -0.2) is 30.1 Å². The summed E-state index contributed by atoms with van der Waals surface area (Å²) in [5.74, 6) is -0.729. The number of hydrogen-bond acceptors (Lipinski definition) is 4. The van der Waals surface area contributed by atoms with E-state index in [9.17, 15) is 14.7 Å². The number of rotatable bonds is 5. The van der Waals surface area contributed by atoms with Crippen molar-refractivity contribution in [1.82, 2.24) is 5.32 Å². The Bertz CT molecular complexity index is 439. The van der Waals surface area contributed by atoms with Gasteiger partial charge in [0.2, 0.25) is 5.91 Å². The van der Waals surface area contributed by atoms with E-state index >= 15 is 0 Å². The van der Waals surface area contributed by atoms with Crippen molar-refractivity contribution in [2.75, 3.05) is 7.11 Å². The maximum absolute atomic E-state index is 11.7. The first-order valence-corrected chi connectivity index (χ1v) is 6.10. The van der Waals surface area contributed by atoms with Crippen LogP contribution in [0.3, 0.4) is 0 Å². The number of carbonyl (C=O) groups is 2. The van der Waals surface area contributed by atoms with E-state index in [0.717, 1.165) is 5.56 Å². The molecule has 1 unspecified atom stereocenters. The van der Waals surface area contributed by atoms with E-state index in [-0.39, 0.29) is 17.6 Å². The van der Waals surface area contributed by atoms with E-state index in [2.05, 4.69) is 10.1 Å². The molecule has 1 amide bonds. The summed E-state index contributed by atoms with van der Waals surface area (Å²) in [7, 11) is 1.29. The van der Waals surface area contributed by atoms with Crippen LogP contribution in [0.25, 0.3) is 0 Å². The van der Waals surface area contributed by atoms with E-state index in [1.807, 2.05) is 0 Å². The first kappa shape index (κ1) is 15.0. The third kappa shape index (κ3) is 4.62. The van der Waals surface area contributed by atoms with Gasteiger partial charge in [-0.3, -0.25) is 4.79 Å². The highest BCUT2D eigenvalue weighted by Gasteiger charge is 2.22. The minimum Gasteiger partial charge on any atom is -0.508 e. The fourth-order valence-corrected chi connectivity index (χ4v) is 1.54. The molecule has 0 radical (unpaired) electrons. The van der Waals surface area contributed by atoms with Crippen molar-refractivity contribution in [3.63, 3.8) is 0 Å². The van der Waals surface area contributed by atoms with Crippen molar-refractivity contribution in [1.29, 1.82) is 0 Å². The van der Waals surface area contributed by atoms with Crippen molar-refractivity contribution < 1.29 is 19.4 Å². The van der Waals surface area contributed by atoms with Crippen LogP contribution < -0.4 is 5.32 Å². The summed E-state index contributed by atoms with van der Waals surface area (Å²) < 4.78 is 4.69. The summed E-state index contributed by atoms with van der Waals surface area (Å²) in [5.41, 5.74) is 0.831. The first-order valence-electron chi connectivity index (χ1n) is 6.10. The molecule has 19 heavy (non-hydrogen) atoms. The quantitative estimate of drug-likeness (QED) is 0.786. The molecule has 0 aliphatic rings. The number of phenols is 1. The fraction of sp³-hybridized carbons (Fsp3) is 0.429. The summed E-state index contributed by atoms with van der Waals surface area (Å²) >= 11 is 0. The lowest BCUT2D eigenvalue weighted by atomic mass is 10.0. The van der Waals surface area contributed by atoms with Gasteiger partial charge in [-0.1, -0.05) is 26.0 Å². The van der Waals surface area contributed by atoms with Gasteiger partial charge in [-0.15, -0.1) is 0 Å². The highest BCUT2D eigenvalue weighted by atomic mass is 16.5.